The van der Waals surface area contributed by atoms with Crippen molar-refractivity contribution in [3.8, 4) is 0 Å². The van der Waals surface area contributed by atoms with Crippen molar-refractivity contribution in [3.05, 3.63) is 0 Å². The van der Waals surface area contributed by atoms with Crippen molar-refractivity contribution >= 4 is 5.91 Å². The Kier molecular flexibility index (Phi) is 23.4. The van der Waals surface area contributed by atoms with Gasteiger partial charge in [0, 0.05) is 19.4 Å². The van der Waals surface area contributed by atoms with Crippen LogP contribution in [0.25, 0.3) is 0 Å². The molecule has 0 rings (SSSR count). The molecular weight excluding hydrogens is 356 g/mol. The lowest BCUT2D eigenvalue weighted by atomic mass is 10.0. The molecule has 0 aromatic rings. The Balaban J connectivity index is 0. The molecule has 0 aliphatic rings. The van der Waals surface area contributed by atoms with Crippen molar-refractivity contribution in [2.45, 2.75) is 130 Å². The Morgan fingerprint density at radius 1 is 0.655 bits per heavy atom. The van der Waals surface area contributed by atoms with Crippen LogP contribution in [-0.4, -0.2) is 44.1 Å². The number of nitrogens with one attached hydrogen (secondary N) is 1. The number of hydrogen-bond donors (Lipinski definition) is 1. The summed E-state index contributed by atoms with van der Waals surface area (Å²) in [4.78, 5) is 11.9. The number of quaternary nitrogens is 1. The minimum absolute atomic E-state index is 0. The molecule has 0 aromatic heterocycles. The molecule has 0 saturated heterocycles. The van der Waals surface area contributed by atoms with Crippen LogP contribution in [0.2, 0.25) is 0 Å². The van der Waals surface area contributed by atoms with Crippen LogP contribution >= 0.6 is 0 Å². The smallest absolute Gasteiger partial charge is 0.219 e. The zero-order chi connectivity index (χ0) is 20.9. The quantitative estimate of drug-likeness (QED) is 0.153. The SMILES string of the molecule is C.CCCCCCCCCCCCCCCCCC(=O)NCCC[N+](C)(C)CC. The van der Waals surface area contributed by atoms with Gasteiger partial charge in [0.1, 0.15) is 0 Å². The predicted molar refractivity (Wildman–Crippen MR) is 131 cm³/mol. The van der Waals surface area contributed by atoms with Gasteiger partial charge in [0.05, 0.1) is 27.2 Å². The Morgan fingerprint density at radius 3 is 1.48 bits per heavy atom. The average Bonchev–Trinajstić information content (AvgIpc) is 2.68. The number of rotatable bonds is 21. The Hall–Kier alpha value is -0.570. The minimum atomic E-state index is 0. The van der Waals surface area contributed by atoms with Gasteiger partial charge in [-0.05, 0) is 13.3 Å². The van der Waals surface area contributed by atoms with Crippen LogP contribution in [0.4, 0.5) is 0 Å². The maximum Gasteiger partial charge on any atom is 0.219 e. The van der Waals surface area contributed by atoms with Crippen molar-refractivity contribution in [2.75, 3.05) is 33.7 Å². The van der Waals surface area contributed by atoms with Gasteiger partial charge in [-0.1, -0.05) is 104 Å². The maximum absolute atomic E-state index is 11.9. The van der Waals surface area contributed by atoms with Gasteiger partial charge in [0.25, 0.3) is 0 Å². The second kappa shape index (κ2) is 22.1. The number of unbranched alkanes of at least 4 members (excludes halogenated alkanes) is 14. The molecule has 0 heterocycles. The molecule has 0 saturated carbocycles. The van der Waals surface area contributed by atoms with Gasteiger partial charge in [-0.25, -0.2) is 0 Å². The number of carbonyl (C=O) groups excluding carboxylic acids is 1. The van der Waals surface area contributed by atoms with E-state index in [1.54, 1.807) is 0 Å². The first-order valence-corrected chi connectivity index (χ1v) is 12.6. The van der Waals surface area contributed by atoms with Crippen LogP contribution in [0.15, 0.2) is 0 Å². The third-order valence-corrected chi connectivity index (χ3v) is 6.13. The monoisotopic (exact) mass is 413 g/mol. The van der Waals surface area contributed by atoms with Gasteiger partial charge in [-0.2, -0.15) is 0 Å². The van der Waals surface area contributed by atoms with E-state index in [0.29, 0.717) is 6.42 Å². The fourth-order valence-electron chi connectivity index (χ4n) is 3.64. The van der Waals surface area contributed by atoms with Gasteiger partial charge in [0.15, 0.2) is 0 Å². The highest BCUT2D eigenvalue weighted by atomic mass is 16.1. The summed E-state index contributed by atoms with van der Waals surface area (Å²) in [6.07, 6.45) is 22.3. The Morgan fingerprint density at radius 2 is 1.07 bits per heavy atom. The summed E-state index contributed by atoms with van der Waals surface area (Å²) < 4.78 is 1.04. The molecule has 0 bridgehead atoms. The molecule has 3 nitrogen and oxygen atoms in total. The Labute approximate surface area is 185 Å². The molecule has 176 valence electrons. The van der Waals surface area contributed by atoms with Crippen LogP contribution in [-0.2, 0) is 4.79 Å². The van der Waals surface area contributed by atoms with Crippen molar-refractivity contribution in [2.24, 2.45) is 0 Å². The van der Waals surface area contributed by atoms with E-state index in [-0.39, 0.29) is 13.3 Å². The van der Waals surface area contributed by atoms with E-state index < -0.39 is 0 Å². The lowest BCUT2D eigenvalue weighted by Gasteiger charge is -2.28. The lowest BCUT2D eigenvalue weighted by Crippen LogP contribution is -2.41. The number of amides is 1. The summed E-state index contributed by atoms with van der Waals surface area (Å²) in [7, 11) is 4.49. The van der Waals surface area contributed by atoms with Crippen LogP contribution in [0.3, 0.4) is 0 Å². The highest BCUT2D eigenvalue weighted by Gasteiger charge is 2.10. The molecule has 0 radical (unpaired) electrons. The largest absolute Gasteiger partial charge is 0.356 e. The first kappa shape index (κ1) is 30.6. The molecule has 1 N–H and O–H groups in total. The van der Waals surface area contributed by atoms with E-state index in [4.69, 9.17) is 0 Å². The second-order valence-electron chi connectivity index (χ2n) is 9.38. The van der Waals surface area contributed by atoms with Crippen molar-refractivity contribution in [1.29, 1.82) is 0 Å². The van der Waals surface area contributed by atoms with Gasteiger partial charge < -0.3 is 9.80 Å². The third kappa shape index (κ3) is 23.6. The minimum Gasteiger partial charge on any atom is -0.356 e. The molecule has 1 amide bonds. The van der Waals surface area contributed by atoms with Gasteiger partial charge in [-0.3, -0.25) is 4.79 Å². The van der Waals surface area contributed by atoms with Crippen LogP contribution in [0.5, 0.6) is 0 Å². The van der Waals surface area contributed by atoms with E-state index in [1.165, 1.54) is 89.9 Å². The molecule has 3 heteroatoms. The van der Waals surface area contributed by atoms with Crippen molar-refractivity contribution < 1.29 is 9.28 Å². The fraction of sp³-hybridized carbons (Fsp3) is 0.962. The van der Waals surface area contributed by atoms with Gasteiger partial charge in [0.2, 0.25) is 5.91 Å². The summed E-state index contributed by atoms with van der Waals surface area (Å²) >= 11 is 0. The van der Waals surface area contributed by atoms with Crippen LogP contribution in [0.1, 0.15) is 130 Å². The summed E-state index contributed by atoms with van der Waals surface area (Å²) in [6.45, 7) is 7.62. The van der Waals surface area contributed by atoms with Gasteiger partial charge in [-0.15, -0.1) is 0 Å². The van der Waals surface area contributed by atoms with E-state index in [2.05, 4.69) is 33.3 Å². The molecular formula is C26H57N2O+. The third-order valence-electron chi connectivity index (χ3n) is 6.13. The lowest BCUT2D eigenvalue weighted by molar-refractivity contribution is -0.888. The van der Waals surface area contributed by atoms with Gasteiger partial charge >= 0.3 is 0 Å². The van der Waals surface area contributed by atoms with E-state index in [9.17, 15) is 4.79 Å². The van der Waals surface area contributed by atoms with E-state index in [1.807, 2.05) is 0 Å². The molecule has 0 aliphatic carbocycles. The van der Waals surface area contributed by atoms with Crippen molar-refractivity contribution in [1.82, 2.24) is 5.32 Å². The molecule has 0 aliphatic heterocycles. The van der Waals surface area contributed by atoms with Crippen molar-refractivity contribution in [3.63, 3.8) is 0 Å². The summed E-state index contributed by atoms with van der Waals surface area (Å²) in [6, 6.07) is 0. The molecule has 0 atom stereocenters. The van der Waals surface area contributed by atoms with E-state index in [0.717, 1.165) is 37.0 Å². The van der Waals surface area contributed by atoms with E-state index >= 15 is 0 Å². The van der Waals surface area contributed by atoms with Crippen LogP contribution < -0.4 is 5.32 Å². The molecule has 29 heavy (non-hydrogen) atoms. The Bertz CT molecular complexity index is 342. The second-order valence-corrected chi connectivity index (χ2v) is 9.38. The summed E-state index contributed by atoms with van der Waals surface area (Å²) in [5.41, 5.74) is 0. The number of carbonyl (C=O) groups is 1. The maximum atomic E-state index is 11.9. The molecule has 0 aromatic carbocycles. The number of hydrogen-bond acceptors (Lipinski definition) is 1. The average molecular weight is 414 g/mol. The zero-order valence-corrected chi connectivity index (χ0v) is 20.0. The highest BCUT2D eigenvalue weighted by Crippen LogP contribution is 2.13. The molecule has 0 spiro atoms. The summed E-state index contributed by atoms with van der Waals surface area (Å²) in [5, 5.41) is 3.08. The normalized spacial score (nSPS) is 11.3. The molecule has 0 unspecified atom stereocenters. The first-order chi connectivity index (χ1) is 13.5. The highest BCUT2D eigenvalue weighted by molar-refractivity contribution is 5.75. The molecule has 0 fully saturated rings. The first-order valence-electron chi connectivity index (χ1n) is 12.6. The zero-order valence-electron chi connectivity index (χ0n) is 20.0. The standard InChI is InChI=1S/C25H52N2O.CH4/c1-5-7-8-9-10-11-12-13-14-15-16-17-18-19-20-22-25(28)26-23-21-24-27(3,4)6-2;/h5-24H2,1-4H3;1H4/p+1. The fourth-order valence-corrected chi connectivity index (χ4v) is 3.64. The number of nitrogens with zero attached hydrogens (tertiary/aromatic N) is 1. The van der Waals surface area contributed by atoms with Crippen LogP contribution in [0, 0.1) is 0 Å². The summed E-state index contributed by atoms with van der Waals surface area (Å²) in [5.74, 6) is 0.247. The predicted octanol–water partition coefficient (Wildman–Crippen LogP) is 7.49. The topological polar surface area (TPSA) is 29.1 Å².